The van der Waals surface area contributed by atoms with E-state index >= 15 is 0 Å². The summed E-state index contributed by atoms with van der Waals surface area (Å²) in [5, 5.41) is 2.84. The summed E-state index contributed by atoms with van der Waals surface area (Å²) in [5.41, 5.74) is 8.20. The van der Waals surface area contributed by atoms with Gasteiger partial charge in [0.2, 0.25) is 5.91 Å². The van der Waals surface area contributed by atoms with Crippen LogP contribution < -0.4 is 15.8 Å². The minimum atomic E-state index is -0.202. The van der Waals surface area contributed by atoms with Gasteiger partial charge in [-0.3, -0.25) is 4.79 Å². The number of carbonyl (C=O) groups excluding carboxylic acids is 1. The summed E-state index contributed by atoms with van der Waals surface area (Å²) in [5.74, 6) is 0.670. The Labute approximate surface area is 157 Å². The van der Waals surface area contributed by atoms with Gasteiger partial charge in [0.15, 0.2) is 0 Å². The van der Waals surface area contributed by atoms with E-state index in [1.54, 1.807) is 0 Å². The first kappa shape index (κ1) is 20.5. The van der Waals surface area contributed by atoms with Gasteiger partial charge in [0.1, 0.15) is 5.75 Å². The summed E-state index contributed by atoms with van der Waals surface area (Å²) < 4.78 is 6.51. The largest absolute Gasteiger partial charge is 0.492 e. The highest BCUT2D eigenvalue weighted by atomic mass is 79.9. The molecule has 0 aromatic heterocycles. The van der Waals surface area contributed by atoms with Crippen LogP contribution in [0, 0.1) is 6.92 Å². The summed E-state index contributed by atoms with van der Waals surface area (Å²) in [6, 6.07) is 15.4. The third-order valence-corrected chi connectivity index (χ3v) is 4.04. The molecule has 130 valence electrons. The van der Waals surface area contributed by atoms with Gasteiger partial charge in [-0.2, -0.15) is 0 Å². The first-order valence-electron chi connectivity index (χ1n) is 7.52. The normalized spacial score (nSPS) is 11.3. The minimum absolute atomic E-state index is 0. The fourth-order valence-corrected chi connectivity index (χ4v) is 2.71. The molecule has 0 saturated heterocycles. The fraction of sp³-hybridized carbons (Fsp3) is 0.278. The van der Waals surface area contributed by atoms with Crippen molar-refractivity contribution in [2.24, 2.45) is 5.73 Å². The third kappa shape index (κ3) is 6.51. The zero-order valence-corrected chi connectivity index (χ0v) is 15.9. The van der Waals surface area contributed by atoms with Gasteiger partial charge in [0.25, 0.3) is 0 Å². The number of nitrogens with one attached hydrogen (secondary N) is 1. The first-order valence-corrected chi connectivity index (χ1v) is 8.31. The average molecular weight is 414 g/mol. The van der Waals surface area contributed by atoms with Crippen LogP contribution in [-0.4, -0.2) is 19.1 Å². The van der Waals surface area contributed by atoms with Crippen molar-refractivity contribution >= 4 is 34.2 Å². The van der Waals surface area contributed by atoms with Gasteiger partial charge in [0, 0.05) is 12.6 Å². The van der Waals surface area contributed by atoms with Gasteiger partial charge in [-0.25, -0.2) is 0 Å². The van der Waals surface area contributed by atoms with Gasteiger partial charge >= 0.3 is 0 Å². The lowest BCUT2D eigenvalue weighted by Crippen LogP contribution is -2.32. The molecule has 4 nitrogen and oxygen atoms in total. The Morgan fingerprint density at radius 1 is 1.25 bits per heavy atom. The molecule has 0 aliphatic rings. The van der Waals surface area contributed by atoms with E-state index in [1.165, 1.54) is 0 Å². The summed E-state index contributed by atoms with van der Waals surface area (Å²) in [6.45, 7) is 2.75. The second kappa shape index (κ2) is 10.3. The molecule has 0 aliphatic carbocycles. The molecular weight excluding hydrogens is 392 g/mol. The molecule has 2 aromatic rings. The molecule has 0 fully saturated rings. The number of rotatable bonds is 7. The highest BCUT2D eigenvalue weighted by Gasteiger charge is 2.08. The number of amides is 1. The van der Waals surface area contributed by atoms with Crippen LogP contribution in [0.4, 0.5) is 0 Å². The van der Waals surface area contributed by atoms with Crippen molar-refractivity contribution < 1.29 is 9.53 Å². The number of hydrogen-bond donors (Lipinski definition) is 2. The number of benzene rings is 2. The topological polar surface area (TPSA) is 64.3 Å². The standard InChI is InChI=1S/C18H21BrN2O2.ClH/c1-13-7-8-17(15(19)11-13)23-10-9-18(22)21-12-16(20)14-5-3-2-4-6-14;/h2-8,11,16H,9-10,12,20H2,1H3,(H,21,22);1H. The molecule has 1 amide bonds. The number of ether oxygens (including phenoxy) is 1. The van der Waals surface area contributed by atoms with E-state index in [4.69, 9.17) is 10.5 Å². The van der Waals surface area contributed by atoms with Gasteiger partial charge < -0.3 is 15.8 Å². The number of nitrogens with two attached hydrogens (primary N) is 1. The van der Waals surface area contributed by atoms with Crippen LogP contribution in [0.5, 0.6) is 5.75 Å². The smallest absolute Gasteiger partial charge is 0.223 e. The summed E-state index contributed by atoms with van der Waals surface area (Å²) >= 11 is 3.45. The Kier molecular flexibility index (Phi) is 8.82. The molecule has 0 spiro atoms. The van der Waals surface area contributed by atoms with E-state index < -0.39 is 0 Å². The zero-order valence-electron chi connectivity index (χ0n) is 13.5. The molecule has 1 atom stereocenters. The Hall–Kier alpha value is -1.56. The van der Waals surface area contributed by atoms with Crippen molar-refractivity contribution in [2.45, 2.75) is 19.4 Å². The monoisotopic (exact) mass is 412 g/mol. The van der Waals surface area contributed by atoms with Crippen LogP contribution in [0.3, 0.4) is 0 Å². The van der Waals surface area contributed by atoms with E-state index in [0.29, 0.717) is 19.6 Å². The molecule has 0 heterocycles. The molecule has 0 aliphatic heterocycles. The number of hydrogen-bond acceptors (Lipinski definition) is 3. The minimum Gasteiger partial charge on any atom is -0.492 e. The Morgan fingerprint density at radius 3 is 2.62 bits per heavy atom. The summed E-state index contributed by atoms with van der Waals surface area (Å²) in [6.07, 6.45) is 0.293. The van der Waals surface area contributed by atoms with Crippen LogP contribution in [0.15, 0.2) is 53.0 Å². The van der Waals surface area contributed by atoms with Gasteiger partial charge in [-0.05, 0) is 46.1 Å². The third-order valence-electron chi connectivity index (χ3n) is 3.42. The van der Waals surface area contributed by atoms with E-state index in [9.17, 15) is 4.79 Å². The molecule has 2 rings (SSSR count). The van der Waals surface area contributed by atoms with E-state index in [2.05, 4.69) is 21.2 Å². The number of halogens is 2. The maximum atomic E-state index is 11.8. The van der Waals surface area contributed by atoms with Crippen LogP contribution >= 0.6 is 28.3 Å². The molecule has 2 aromatic carbocycles. The first-order chi connectivity index (χ1) is 11.1. The van der Waals surface area contributed by atoms with Crippen LogP contribution in [0.25, 0.3) is 0 Å². The van der Waals surface area contributed by atoms with E-state index in [-0.39, 0.29) is 24.4 Å². The second-order valence-electron chi connectivity index (χ2n) is 5.35. The lowest BCUT2D eigenvalue weighted by atomic mass is 10.1. The van der Waals surface area contributed by atoms with Gasteiger partial charge in [-0.15, -0.1) is 12.4 Å². The quantitative estimate of drug-likeness (QED) is 0.726. The van der Waals surface area contributed by atoms with E-state index in [0.717, 1.165) is 21.3 Å². The van der Waals surface area contributed by atoms with Crippen molar-refractivity contribution in [3.05, 3.63) is 64.1 Å². The maximum Gasteiger partial charge on any atom is 0.223 e. The van der Waals surface area contributed by atoms with Crippen LogP contribution in [0.1, 0.15) is 23.6 Å². The highest BCUT2D eigenvalue weighted by molar-refractivity contribution is 9.10. The molecule has 0 radical (unpaired) electrons. The molecule has 1 unspecified atom stereocenters. The highest BCUT2D eigenvalue weighted by Crippen LogP contribution is 2.25. The molecule has 0 bridgehead atoms. The van der Waals surface area contributed by atoms with E-state index in [1.807, 2.05) is 55.5 Å². The van der Waals surface area contributed by atoms with Crippen molar-refractivity contribution in [1.29, 1.82) is 0 Å². The molecule has 0 saturated carbocycles. The summed E-state index contributed by atoms with van der Waals surface area (Å²) in [7, 11) is 0. The lowest BCUT2D eigenvalue weighted by Gasteiger charge is -2.13. The second-order valence-corrected chi connectivity index (χ2v) is 6.21. The fourth-order valence-electron chi connectivity index (χ4n) is 2.11. The van der Waals surface area contributed by atoms with Crippen molar-refractivity contribution in [2.75, 3.05) is 13.2 Å². The zero-order chi connectivity index (χ0) is 16.7. The van der Waals surface area contributed by atoms with Gasteiger partial charge in [0.05, 0.1) is 17.5 Å². The molecule has 6 heteroatoms. The predicted molar refractivity (Wildman–Crippen MR) is 103 cm³/mol. The Morgan fingerprint density at radius 2 is 1.96 bits per heavy atom. The molecular formula is C18H22BrClN2O2. The van der Waals surface area contributed by atoms with Crippen LogP contribution in [-0.2, 0) is 4.79 Å². The molecule has 24 heavy (non-hydrogen) atoms. The van der Waals surface area contributed by atoms with Crippen molar-refractivity contribution in [3.8, 4) is 5.75 Å². The number of carbonyl (C=O) groups is 1. The summed E-state index contributed by atoms with van der Waals surface area (Å²) in [4.78, 5) is 11.8. The number of aryl methyl sites for hydroxylation is 1. The SMILES string of the molecule is Cc1ccc(OCCC(=O)NCC(N)c2ccccc2)c(Br)c1.Cl. The van der Waals surface area contributed by atoms with Crippen molar-refractivity contribution in [1.82, 2.24) is 5.32 Å². The molecule has 3 N–H and O–H groups in total. The van der Waals surface area contributed by atoms with Crippen molar-refractivity contribution in [3.63, 3.8) is 0 Å². The average Bonchev–Trinajstić information content (AvgIpc) is 2.55. The van der Waals surface area contributed by atoms with Gasteiger partial charge in [-0.1, -0.05) is 36.4 Å². The lowest BCUT2D eigenvalue weighted by molar-refractivity contribution is -0.121. The predicted octanol–water partition coefficient (Wildman–Crippen LogP) is 3.76. The maximum absolute atomic E-state index is 11.8. The Balaban J connectivity index is 0.00000288. The van der Waals surface area contributed by atoms with Crippen LogP contribution in [0.2, 0.25) is 0 Å². The Bertz CT molecular complexity index is 653.